The van der Waals surface area contributed by atoms with Gasteiger partial charge in [0.1, 0.15) is 11.5 Å². The van der Waals surface area contributed by atoms with Gasteiger partial charge in [-0.15, -0.1) is 0 Å². The fourth-order valence-electron chi connectivity index (χ4n) is 9.35. The van der Waals surface area contributed by atoms with E-state index in [2.05, 4.69) is 12.1 Å². The fourth-order valence-corrected chi connectivity index (χ4v) is 9.35. The number of hydrogen-bond donors (Lipinski definition) is 4. The molecule has 4 aromatic rings. The SMILES string of the molecule is O=C([O-])CCCCCCCCCCCCCCCCCc1cc2c3cc(O)c(O)cc3c3cc(O)c(CCCCCCCCCCCCCCCCCC(=O)[O-])cc3c2cc1O. The Labute approximate surface area is 372 Å². The van der Waals surface area contributed by atoms with Crippen molar-refractivity contribution >= 4 is 44.3 Å². The first kappa shape index (κ1) is 50.4. The summed E-state index contributed by atoms with van der Waals surface area (Å²) in [7, 11) is 0. The largest absolute Gasteiger partial charge is 0.550 e. The molecule has 0 atom stereocenters. The first-order valence-corrected chi connectivity index (χ1v) is 24.8. The summed E-state index contributed by atoms with van der Waals surface area (Å²) in [5, 5.41) is 69.6. The second-order valence-corrected chi connectivity index (χ2v) is 18.3. The Balaban J connectivity index is 1.18. The number of phenols is 4. The maximum Gasteiger partial charge on any atom is 0.158 e. The molecule has 8 heteroatoms. The van der Waals surface area contributed by atoms with Crippen LogP contribution in [0.25, 0.3) is 32.3 Å². The number of aromatic hydroxyl groups is 4. The second-order valence-electron chi connectivity index (χ2n) is 18.3. The van der Waals surface area contributed by atoms with Gasteiger partial charge in [-0.3, -0.25) is 0 Å². The van der Waals surface area contributed by atoms with Gasteiger partial charge in [0.15, 0.2) is 11.5 Å². The van der Waals surface area contributed by atoms with Crippen molar-refractivity contribution in [3.63, 3.8) is 0 Å². The number of phenolic OH excluding ortho intramolecular Hbond substituents is 4. The van der Waals surface area contributed by atoms with Gasteiger partial charge >= 0.3 is 0 Å². The minimum absolute atomic E-state index is 0.186. The average Bonchev–Trinajstić information content (AvgIpc) is 3.24. The normalized spacial score (nSPS) is 11.7. The van der Waals surface area contributed by atoms with Gasteiger partial charge in [0.25, 0.3) is 0 Å². The minimum Gasteiger partial charge on any atom is -0.550 e. The monoisotopic (exact) mass is 855 g/mol. The molecule has 0 saturated carbocycles. The molecule has 0 unspecified atom stereocenters. The summed E-state index contributed by atoms with van der Waals surface area (Å²) in [6.45, 7) is 0. The first-order valence-electron chi connectivity index (χ1n) is 24.8. The van der Waals surface area contributed by atoms with Crippen LogP contribution >= 0.6 is 0 Å². The molecule has 4 aromatic carbocycles. The van der Waals surface area contributed by atoms with E-state index < -0.39 is 11.9 Å². The minimum atomic E-state index is -0.937. The lowest BCUT2D eigenvalue weighted by Gasteiger charge is -2.16. The number of aryl methyl sites for hydroxylation is 2. The lowest BCUT2D eigenvalue weighted by atomic mass is 9.89. The summed E-state index contributed by atoms with van der Waals surface area (Å²) < 4.78 is 0. The summed E-state index contributed by atoms with van der Waals surface area (Å²) in [5.41, 5.74) is 1.78. The van der Waals surface area contributed by atoms with Gasteiger partial charge in [0.2, 0.25) is 0 Å². The number of benzene rings is 4. The molecule has 0 bridgehead atoms. The Hall–Kier alpha value is -4.20. The highest BCUT2D eigenvalue weighted by molar-refractivity contribution is 6.26. The van der Waals surface area contributed by atoms with Crippen LogP contribution in [0.3, 0.4) is 0 Å². The van der Waals surface area contributed by atoms with Gasteiger partial charge in [-0.2, -0.15) is 0 Å². The number of carbonyl (C=O) groups is 2. The van der Waals surface area contributed by atoms with Gasteiger partial charge in [-0.1, -0.05) is 167 Å². The van der Waals surface area contributed by atoms with Gasteiger partial charge in [-0.25, -0.2) is 0 Å². The molecular formula is C54H78O8-2. The van der Waals surface area contributed by atoms with Gasteiger partial charge in [0, 0.05) is 11.9 Å². The van der Waals surface area contributed by atoms with Crippen molar-refractivity contribution < 1.29 is 40.2 Å². The molecule has 344 valence electrons. The summed E-state index contributed by atoms with van der Waals surface area (Å²) in [6.07, 6.45) is 36.9. The molecule has 0 aromatic heterocycles. The first-order chi connectivity index (χ1) is 30.2. The molecule has 0 spiro atoms. The van der Waals surface area contributed by atoms with Crippen molar-refractivity contribution in [3.05, 3.63) is 47.5 Å². The molecule has 8 nitrogen and oxygen atoms in total. The third-order valence-electron chi connectivity index (χ3n) is 13.1. The number of carboxylic acids is 2. The lowest BCUT2D eigenvalue weighted by Crippen LogP contribution is -2.21. The van der Waals surface area contributed by atoms with Gasteiger partial charge in [-0.05, 0) is 131 Å². The molecule has 0 saturated heterocycles. The average molecular weight is 855 g/mol. The molecule has 0 heterocycles. The van der Waals surface area contributed by atoms with Crippen LogP contribution in [0.5, 0.6) is 23.0 Å². The third-order valence-corrected chi connectivity index (χ3v) is 13.1. The molecule has 0 radical (unpaired) electrons. The third kappa shape index (κ3) is 18.3. The van der Waals surface area contributed by atoms with Crippen molar-refractivity contribution in [1.82, 2.24) is 0 Å². The zero-order chi connectivity index (χ0) is 44.4. The van der Waals surface area contributed by atoms with E-state index >= 15 is 0 Å². The molecular weight excluding hydrogens is 777 g/mol. The van der Waals surface area contributed by atoms with E-state index in [1.165, 1.54) is 128 Å². The summed E-state index contributed by atoms with van der Waals surface area (Å²) in [6, 6.07) is 10.9. The Morgan fingerprint density at radius 2 is 0.484 bits per heavy atom. The predicted octanol–water partition coefficient (Wildman–Crippen LogP) is 13.0. The van der Waals surface area contributed by atoms with E-state index in [1.54, 1.807) is 18.2 Å². The number of carbonyl (C=O) groups excluding carboxylic acids is 2. The number of rotatable bonds is 36. The van der Waals surface area contributed by atoms with Crippen LogP contribution in [0.4, 0.5) is 0 Å². The van der Waals surface area contributed by atoms with E-state index in [9.17, 15) is 40.2 Å². The van der Waals surface area contributed by atoms with Crippen molar-refractivity contribution in [2.24, 2.45) is 0 Å². The van der Waals surface area contributed by atoms with Crippen molar-refractivity contribution in [3.8, 4) is 23.0 Å². The molecule has 62 heavy (non-hydrogen) atoms. The van der Waals surface area contributed by atoms with Crippen molar-refractivity contribution in [2.45, 2.75) is 218 Å². The van der Waals surface area contributed by atoms with E-state index in [1.807, 2.05) is 6.07 Å². The van der Waals surface area contributed by atoms with Crippen LogP contribution in [0.15, 0.2) is 36.4 Å². The van der Waals surface area contributed by atoms with Crippen LogP contribution < -0.4 is 10.2 Å². The number of unbranched alkanes of at least 4 members (excludes halogenated alkanes) is 28. The lowest BCUT2D eigenvalue weighted by molar-refractivity contribution is -0.307. The van der Waals surface area contributed by atoms with Crippen molar-refractivity contribution in [1.29, 1.82) is 0 Å². The highest BCUT2D eigenvalue weighted by Gasteiger charge is 2.17. The van der Waals surface area contributed by atoms with Gasteiger partial charge < -0.3 is 40.2 Å². The number of hydrogen-bond acceptors (Lipinski definition) is 8. The molecule has 0 aliphatic rings. The van der Waals surface area contributed by atoms with E-state index in [-0.39, 0.29) is 35.8 Å². The van der Waals surface area contributed by atoms with Crippen molar-refractivity contribution in [2.75, 3.05) is 0 Å². The highest BCUT2D eigenvalue weighted by Crippen LogP contribution is 2.44. The summed E-state index contributed by atoms with van der Waals surface area (Å²) >= 11 is 0. The zero-order valence-corrected chi connectivity index (χ0v) is 37.9. The summed E-state index contributed by atoms with van der Waals surface area (Å²) in [5.74, 6) is -1.77. The number of carboxylic acid groups (broad SMARTS) is 2. The highest BCUT2D eigenvalue weighted by atomic mass is 16.4. The Kier molecular flexibility index (Phi) is 23.8. The van der Waals surface area contributed by atoms with E-state index in [4.69, 9.17) is 0 Å². The smallest absolute Gasteiger partial charge is 0.158 e. The van der Waals surface area contributed by atoms with Crippen LogP contribution in [0.1, 0.15) is 217 Å². The van der Waals surface area contributed by atoms with Gasteiger partial charge in [0.05, 0.1) is 0 Å². The summed E-state index contributed by atoms with van der Waals surface area (Å²) in [4.78, 5) is 21.0. The predicted molar refractivity (Wildman–Crippen MR) is 251 cm³/mol. The maximum atomic E-state index is 11.3. The molecule has 0 amide bonds. The fraction of sp³-hybridized carbons (Fsp3) is 0.630. The topological polar surface area (TPSA) is 161 Å². The Morgan fingerprint density at radius 3 is 0.726 bits per heavy atom. The number of fused-ring (bicyclic) bond motifs is 6. The van der Waals surface area contributed by atoms with Crippen LogP contribution in [-0.2, 0) is 22.4 Å². The number of aliphatic carboxylic acids is 2. The standard InChI is InChI=1S/C54H80O8/c55-49-37-45-43-35-41(31-27-23-19-15-11-7-3-1-5-9-13-17-21-25-29-33-53(59)60)50(56)38-46(43)48-40-52(58)51(57)39-47(48)44(45)36-42(49)32-28-24-20-16-12-8-4-2-6-10-14-18-22-26-30-34-54(61)62/h35-40,55-58H,1-34H2,(H,59,60)(H,61,62)/p-2. The second kappa shape index (κ2) is 29.2. The molecule has 4 N–H and O–H groups in total. The van der Waals surface area contributed by atoms with Crippen LogP contribution in [0.2, 0.25) is 0 Å². The zero-order valence-electron chi connectivity index (χ0n) is 37.9. The molecule has 0 aliphatic heterocycles. The quantitative estimate of drug-likeness (QED) is 0.0200. The molecule has 0 fully saturated rings. The van der Waals surface area contributed by atoms with E-state index in [0.29, 0.717) is 0 Å². The molecule has 4 rings (SSSR count). The maximum absolute atomic E-state index is 11.3. The van der Waals surface area contributed by atoms with Crippen LogP contribution in [-0.4, -0.2) is 32.4 Å². The van der Waals surface area contributed by atoms with E-state index in [0.717, 1.165) is 120 Å². The van der Waals surface area contributed by atoms with Crippen LogP contribution in [0, 0.1) is 0 Å². The Morgan fingerprint density at radius 1 is 0.290 bits per heavy atom. The Bertz CT molecular complexity index is 1850. The molecule has 0 aliphatic carbocycles.